The van der Waals surface area contributed by atoms with Crippen molar-refractivity contribution in [3.63, 3.8) is 0 Å². The molecule has 0 radical (unpaired) electrons. The van der Waals surface area contributed by atoms with E-state index >= 15 is 0 Å². The fraction of sp³-hybridized carbons (Fsp3) is 0.400. The van der Waals surface area contributed by atoms with Crippen LogP contribution in [0.25, 0.3) is 5.57 Å². The number of carbonyl (C=O) groups excluding carboxylic acids is 1. The predicted molar refractivity (Wildman–Crippen MR) is 104 cm³/mol. The van der Waals surface area contributed by atoms with Gasteiger partial charge in [0.1, 0.15) is 11.6 Å². The summed E-state index contributed by atoms with van der Waals surface area (Å²) in [5, 5.41) is 3.26. The van der Waals surface area contributed by atoms with Crippen LogP contribution in [-0.2, 0) is 4.79 Å². The van der Waals surface area contributed by atoms with Crippen molar-refractivity contribution >= 4 is 17.2 Å². The van der Waals surface area contributed by atoms with Crippen LogP contribution in [0.2, 0.25) is 0 Å². The van der Waals surface area contributed by atoms with E-state index in [1.54, 1.807) is 6.92 Å². The first-order valence-corrected chi connectivity index (χ1v) is 8.65. The summed E-state index contributed by atoms with van der Waals surface area (Å²) < 4.78 is 0. The number of amidine groups is 1. The average Bonchev–Trinajstić information content (AvgIpc) is 2.60. The molecule has 0 spiro atoms. The lowest BCUT2D eigenvalue weighted by Gasteiger charge is -2.36. The number of nitrogens with one attached hydrogen (secondary N) is 1. The number of benzene rings is 1. The van der Waals surface area contributed by atoms with Crippen LogP contribution in [0.4, 0.5) is 0 Å². The number of nitrogens with zero attached hydrogens (tertiary/aromatic N) is 3. The van der Waals surface area contributed by atoms with Gasteiger partial charge in [-0.3, -0.25) is 9.69 Å². The first-order chi connectivity index (χ1) is 12.0. The molecule has 2 rings (SSSR count). The highest BCUT2D eigenvalue weighted by atomic mass is 16.1. The van der Waals surface area contributed by atoms with E-state index in [0.29, 0.717) is 6.54 Å². The van der Waals surface area contributed by atoms with Crippen LogP contribution in [0, 0.1) is 0 Å². The normalized spacial score (nSPS) is 16.7. The molecule has 0 aromatic heterocycles. The van der Waals surface area contributed by atoms with Gasteiger partial charge >= 0.3 is 0 Å². The maximum atomic E-state index is 11.2. The van der Waals surface area contributed by atoms with Gasteiger partial charge in [0.25, 0.3) is 0 Å². The predicted octanol–water partition coefficient (Wildman–Crippen LogP) is 2.73. The number of rotatable bonds is 6. The molecule has 0 bridgehead atoms. The van der Waals surface area contributed by atoms with Crippen molar-refractivity contribution in [1.82, 2.24) is 15.1 Å². The van der Waals surface area contributed by atoms with Gasteiger partial charge in [0, 0.05) is 32.4 Å². The molecule has 1 aliphatic rings. The first kappa shape index (κ1) is 18.9. The summed E-state index contributed by atoms with van der Waals surface area (Å²) in [6.45, 7) is 13.8. The van der Waals surface area contributed by atoms with E-state index in [1.807, 2.05) is 31.3 Å². The van der Waals surface area contributed by atoms with E-state index in [-0.39, 0.29) is 5.78 Å². The lowest BCUT2D eigenvalue weighted by Crippen LogP contribution is -2.49. The van der Waals surface area contributed by atoms with Crippen molar-refractivity contribution in [1.29, 1.82) is 0 Å². The van der Waals surface area contributed by atoms with E-state index in [9.17, 15) is 4.79 Å². The summed E-state index contributed by atoms with van der Waals surface area (Å²) in [7, 11) is 0. The molecule has 0 saturated carbocycles. The molecule has 1 heterocycles. The van der Waals surface area contributed by atoms with E-state index < -0.39 is 0 Å². The standard InChI is InChI=1S/C20H28N4O/c1-16(20-8-6-5-7-9-20)14-21-18(3)22-19(4)24-12-10-23(11-13-24)15-17(2)25/h5-9,14H,4,10-13,15H2,1-3H3,(H,21,22)/b16-14+. The molecule has 1 aromatic rings. The average molecular weight is 340 g/mol. The highest BCUT2D eigenvalue weighted by Gasteiger charge is 2.18. The highest BCUT2D eigenvalue weighted by Crippen LogP contribution is 2.12. The molecule has 1 saturated heterocycles. The Bertz CT molecular complexity index is 656. The maximum absolute atomic E-state index is 11.2. The summed E-state index contributed by atoms with van der Waals surface area (Å²) in [6.07, 6.45) is 1.87. The Hall–Kier alpha value is -2.40. The van der Waals surface area contributed by atoms with Crippen LogP contribution < -0.4 is 5.32 Å². The monoisotopic (exact) mass is 340 g/mol. The SMILES string of the molecule is C=C(NC(C)=N/C=C(\C)c1ccccc1)N1CCN(CC(C)=O)CC1. The summed E-state index contributed by atoms with van der Waals surface area (Å²) in [5.41, 5.74) is 2.28. The fourth-order valence-corrected chi connectivity index (χ4v) is 2.78. The van der Waals surface area contributed by atoms with E-state index in [2.05, 4.69) is 45.7 Å². The number of aliphatic imine (C=N–C) groups is 1. The third-order valence-electron chi connectivity index (χ3n) is 4.21. The molecule has 134 valence electrons. The molecular weight excluding hydrogens is 312 g/mol. The molecule has 0 unspecified atom stereocenters. The van der Waals surface area contributed by atoms with Gasteiger partial charge in [0.15, 0.2) is 0 Å². The maximum Gasteiger partial charge on any atom is 0.143 e. The molecule has 0 amide bonds. The number of allylic oxidation sites excluding steroid dienone is 1. The van der Waals surface area contributed by atoms with Crippen molar-refractivity contribution in [3.8, 4) is 0 Å². The first-order valence-electron chi connectivity index (χ1n) is 8.65. The van der Waals surface area contributed by atoms with Gasteiger partial charge in [-0.2, -0.15) is 0 Å². The molecule has 0 aliphatic carbocycles. The van der Waals surface area contributed by atoms with Gasteiger partial charge in [-0.1, -0.05) is 36.9 Å². The molecule has 1 N–H and O–H groups in total. The van der Waals surface area contributed by atoms with Crippen molar-refractivity contribution in [2.45, 2.75) is 20.8 Å². The number of ketones is 1. The minimum absolute atomic E-state index is 0.217. The Balaban J connectivity index is 1.85. The van der Waals surface area contributed by atoms with Crippen LogP contribution >= 0.6 is 0 Å². The van der Waals surface area contributed by atoms with Crippen molar-refractivity contribution < 1.29 is 4.79 Å². The highest BCUT2D eigenvalue weighted by molar-refractivity contribution is 5.82. The molecule has 25 heavy (non-hydrogen) atoms. The molecule has 1 aromatic carbocycles. The van der Waals surface area contributed by atoms with Crippen molar-refractivity contribution in [2.24, 2.45) is 4.99 Å². The van der Waals surface area contributed by atoms with E-state index in [1.165, 1.54) is 5.56 Å². The minimum atomic E-state index is 0.217. The second-order valence-electron chi connectivity index (χ2n) is 6.43. The zero-order valence-electron chi connectivity index (χ0n) is 15.5. The van der Waals surface area contributed by atoms with Crippen molar-refractivity contribution in [2.75, 3.05) is 32.7 Å². The van der Waals surface area contributed by atoms with Gasteiger partial charge < -0.3 is 10.2 Å². The molecule has 5 heteroatoms. The lowest BCUT2D eigenvalue weighted by molar-refractivity contribution is -0.118. The van der Waals surface area contributed by atoms with Crippen LogP contribution in [0.1, 0.15) is 26.3 Å². The van der Waals surface area contributed by atoms with Gasteiger partial charge in [-0.15, -0.1) is 0 Å². The molecular formula is C20H28N4O. The van der Waals surface area contributed by atoms with Crippen LogP contribution in [0.15, 0.2) is 53.9 Å². The third kappa shape index (κ3) is 6.19. The van der Waals surface area contributed by atoms with Crippen molar-refractivity contribution in [3.05, 3.63) is 54.5 Å². The van der Waals surface area contributed by atoms with Gasteiger partial charge in [-0.05, 0) is 31.9 Å². The van der Waals surface area contributed by atoms with Gasteiger partial charge in [0.05, 0.1) is 12.4 Å². The largest absolute Gasteiger partial charge is 0.356 e. The number of Topliss-reactive ketones (excluding diaryl/α,β-unsaturated/α-hetero) is 1. The summed E-state index contributed by atoms with van der Waals surface area (Å²) in [4.78, 5) is 20.1. The zero-order valence-corrected chi connectivity index (χ0v) is 15.5. The quantitative estimate of drug-likeness (QED) is 0.639. The smallest absolute Gasteiger partial charge is 0.143 e. The third-order valence-corrected chi connectivity index (χ3v) is 4.21. The summed E-state index contributed by atoms with van der Waals surface area (Å²) in [6, 6.07) is 10.2. The van der Waals surface area contributed by atoms with E-state index in [0.717, 1.165) is 43.4 Å². The van der Waals surface area contributed by atoms with Crippen LogP contribution in [0.3, 0.4) is 0 Å². The second-order valence-corrected chi connectivity index (χ2v) is 6.43. The molecule has 0 atom stereocenters. The summed E-state index contributed by atoms with van der Waals surface area (Å²) in [5.74, 6) is 1.88. The number of hydrogen-bond acceptors (Lipinski definition) is 4. The Morgan fingerprint density at radius 2 is 1.80 bits per heavy atom. The molecule has 1 aliphatic heterocycles. The lowest BCUT2D eigenvalue weighted by atomic mass is 10.1. The molecule has 1 fully saturated rings. The Labute approximate surface area is 150 Å². The zero-order chi connectivity index (χ0) is 18.2. The van der Waals surface area contributed by atoms with Gasteiger partial charge in [-0.25, -0.2) is 4.99 Å². The fourth-order valence-electron chi connectivity index (χ4n) is 2.78. The number of carbonyl (C=O) groups is 1. The minimum Gasteiger partial charge on any atom is -0.356 e. The Morgan fingerprint density at radius 1 is 1.16 bits per heavy atom. The van der Waals surface area contributed by atoms with Gasteiger partial charge in [0.2, 0.25) is 0 Å². The van der Waals surface area contributed by atoms with Crippen LogP contribution in [-0.4, -0.2) is 54.1 Å². The topological polar surface area (TPSA) is 47.9 Å². The summed E-state index contributed by atoms with van der Waals surface area (Å²) >= 11 is 0. The van der Waals surface area contributed by atoms with Crippen LogP contribution in [0.5, 0.6) is 0 Å². The number of piperazine rings is 1. The van der Waals surface area contributed by atoms with E-state index in [4.69, 9.17) is 0 Å². The Kier molecular flexibility index (Phi) is 6.95. The second kappa shape index (κ2) is 9.18. The number of hydrogen-bond donors (Lipinski definition) is 1. The molecule has 5 nitrogen and oxygen atoms in total. The Morgan fingerprint density at radius 3 is 2.40 bits per heavy atom.